The van der Waals surface area contributed by atoms with Gasteiger partial charge in [-0.05, 0) is 30.4 Å². The molecule has 1 aliphatic carbocycles. The molecule has 0 radical (unpaired) electrons. The summed E-state index contributed by atoms with van der Waals surface area (Å²) in [5.74, 6) is 0.0123. The maximum atomic E-state index is 12.3. The zero-order chi connectivity index (χ0) is 15.5. The Kier molecular flexibility index (Phi) is 6.45. The number of carbonyl (C=O) groups is 1. The van der Waals surface area contributed by atoms with Crippen molar-refractivity contribution in [1.82, 2.24) is 5.32 Å². The second kappa shape index (κ2) is 7.47. The molecule has 3 nitrogen and oxygen atoms in total. The Hall–Kier alpha value is -1.06. The van der Waals surface area contributed by atoms with Crippen LogP contribution in [0.2, 0.25) is 0 Å². The van der Waals surface area contributed by atoms with Gasteiger partial charge in [0.25, 0.3) is 0 Å². The van der Waals surface area contributed by atoms with Gasteiger partial charge in [-0.2, -0.15) is 0 Å². The van der Waals surface area contributed by atoms with Gasteiger partial charge < -0.3 is 11.1 Å². The molecular formula is C18H29ClN2O. The first-order valence-corrected chi connectivity index (χ1v) is 8.04. The molecule has 0 unspecified atom stereocenters. The van der Waals surface area contributed by atoms with Crippen LogP contribution in [0.3, 0.4) is 0 Å². The Morgan fingerprint density at radius 1 is 1.23 bits per heavy atom. The van der Waals surface area contributed by atoms with Crippen molar-refractivity contribution in [2.75, 3.05) is 6.54 Å². The molecule has 124 valence electrons. The van der Waals surface area contributed by atoms with Gasteiger partial charge in [-0.1, -0.05) is 57.9 Å². The summed E-state index contributed by atoms with van der Waals surface area (Å²) in [6, 6.07) is 8.66. The maximum absolute atomic E-state index is 12.3. The lowest BCUT2D eigenvalue weighted by Gasteiger charge is -2.29. The average Bonchev–Trinajstić information content (AvgIpc) is 2.93. The molecule has 4 heteroatoms. The second-order valence-corrected chi connectivity index (χ2v) is 6.98. The molecule has 0 atom stereocenters. The molecule has 0 saturated heterocycles. The van der Waals surface area contributed by atoms with Crippen LogP contribution in [0.1, 0.15) is 57.6 Å². The highest BCUT2D eigenvalue weighted by Crippen LogP contribution is 2.28. The third kappa shape index (κ3) is 4.23. The molecule has 1 saturated carbocycles. The minimum Gasteiger partial charge on any atom is -0.354 e. The third-order valence-corrected chi connectivity index (χ3v) is 4.78. The van der Waals surface area contributed by atoms with Crippen molar-refractivity contribution >= 4 is 18.3 Å². The van der Waals surface area contributed by atoms with Gasteiger partial charge in [-0.15, -0.1) is 12.4 Å². The molecule has 1 aliphatic rings. The Morgan fingerprint density at radius 3 is 2.27 bits per heavy atom. The zero-order valence-electron chi connectivity index (χ0n) is 13.9. The van der Waals surface area contributed by atoms with E-state index in [-0.39, 0.29) is 23.7 Å². The largest absolute Gasteiger partial charge is 0.354 e. The number of hydrogen-bond donors (Lipinski definition) is 2. The first-order chi connectivity index (χ1) is 9.87. The van der Waals surface area contributed by atoms with E-state index < -0.39 is 5.54 Å². The van der Waals surface area contributed by atoms with E-state index in [9.17, 15) is 4.79 Å². The topological polar surface area (TPSA) is 55.1 Å². The van der Waals surface area contributed by atoms with Crippen molar-refractivity contribution in [1.29, 1.82) is 0 Å². The van der Waals surface area contributed by atoms with Gasteiger partial charge in [-0.25, -0.2) is 0 Å². The molecular weight excluding hydrogens is 296 g/mol. The van der Waals surface area contributed by atoms with Crippen LogP contribution in [0.5, 0.6) is 0 Å². The number of hydrogen-bond acceptors (Lipinski definition) is 2. The van der Waals surface area contributed by atoms with E-state index in [1.807, 2.05) is 0 Å². The number of benzene rings is 1. The van der Waals surface area contributed by atoms with E-state index in [2.05, 4.69) is 50.4 Å². The van der Waals surface area contributed by atoms with E-state index in [1.165, 1.54) is 11.1 Å². The number of halogens is 1. The summed E-state index contributed by atoms with van der Waals surface area (Å²) in [6.07, 6.45) is 4.79. The molecule has 2 rings (SSSR count). The zero-order valence-corrected chi connectivity index (χ0v) is 14.8. The van der Waals surface area contributed by atoms with E-state index >= 15 is 0 Å². The molecule has 0 heterocycles. The summed E-state index contributed by atoms with van der Waals surface area (Å²) in [5, 5.41) is 3.07. The number of rotatable bonds is 5. The van der Waals surface area contributed by atoms with Crippen molar-refractivity contribution in [3.05, 3.63) is 35.4 Å². The molecule has 1 aromatic rings. The molecule has 22 heavy (non-hydrogen) atoms. The maximum Gasteiger partial charge on any atom is 0.240 e. The van der Waals surface area contributed by atoms with Gasteiger partial charge in [0, 0.05) is 12.0 Å². The lowest BCUT2D eigenvalue weighted by molar-refractivity contribution is -0.126. The van der Waals surface area contributed by atoms with E-state index in [4.69, 9.17) is 5.73 Å². The molecule has 0 aliphatic heterocycles. The highest BCUT2D eigenvalue weighted by Gasteiger charge is 2.37. The van der Waals surface area contributed by atoms with Crippen LogP contribution >= 0.6 is 12.4 Å². The number of aryl methyl sites for hydroxylation is 1. The number of nitrogens with two attached hydrogens (primary N) is 1. The van der Waals surface area contributed by atoms with Crippen molar-refractivity contribution < 1.29 is 4.79 Å². The summed E-state index contributed by atoms with van der Waals surface area (Å²) in [4.78, 5) is 12.3. The van der Waals surface area contributed by atoms with Crippen LogP contribution in [-0.4, -0.2) is 18.0 Å². The highest BCUT2D eigenvalue weighted by atomic mass is 35.5. The van der Waals surface area contributed by atoms with Gasteiger partial charge in [-0.3, -0.25) is 4.79 Å². The first-order valence-electron chi connectivity index (χ1n) is 8.04. The van der Waals surface area contributed by atoms with Crippen LogP contribution in [0.15, 0.2) is 24.3 Å². The van der Waals surface area contributed by atoms with Gasteiger partial charge in [0.1, 0.15) is 0 Å². The molecule has 1 amide bonds. The van der Waals surface area contributed by atoms with Crippen LogP contribution in [-0.2, 0) is 16.6 Å². The predicted octanol–water partition coefficient (Wildman–Crippen LogP) is 3.34. The predicted molar refractivity (Wildman–Crippen MR) is 94.5 cm³/mol. The van der Waals surface area contributed by atoms with Gasteiger partial charge >= 0.3 is 0 Å². The summed E-state index contributed by atoms with van der Waals surface area (Å²) in [6.45, 7) is 7.09. The standard InChI is InChI=1S/C18H28N2O.ClH/c1-4-14-7-9-15(10-8-14)17(2,3)13-20-16(21)18(19)11-5-6-12-18;/h7-10H,4-6,11-13,19H2,1-3H3,(H,20,21);1H. The van der Waals surface area contributed by atoms with Crippen molar-refractivity contribution in [2.45, 2.75) is 63.8 Å². The lowest BCUT2D eigenvalue weighted by Crippen LogP contribution is -2.53. The molecule has 0 bridgehead atoms. The Balaban J connectivity index is 0.00000242. The van der Waals surface area contributed by atoms with Crippen LogP contribution < -0.4 is 11.1 Å². The fourth-order valence-electron chi connectivity index (χ4n) is 3.00. The van der Waals surface area contributed by atoms with Crippen molar-refractivity contribution in [2.24, 2.45) is 5.73 Å². The quantitative estimate of drug-likeness (QED) is 0.872. The Morgan fingerprint density at radius 2 is 1.77 bits per heavy atom. The van der Waals surface area contributed by atoms with Crippen LogP contribution in [0, 0.1) is 0 Å². The fraction of sp³-hybridized carbons (Fsp3) is 0.611. The van der Waals surface area contributed by atoms with E-state index in [1.54, 1.807) is 0 Å². The fourth-order valence-corrected chi connectivity index (χ4v) is 3.00. The molecule has 1 fully saturated rings. The molecule has 0 spiro atoms. The van der Waals surface area contributed by atoms with Crippen molar-refractivity contribution in [3.8, 4) is 0 Å². The number of nitrogens with one attached hydrogen (secondary N) is 1. The summed E-state index contributed by atoms with van der Waals surface area (Å²) in [5.41, 5.74) is 8.06. The Bertz CT molecular complexity index is 490. The van der Waals surface area contributed by atoms with Crippen LogP contribution in [0.25, 0.3) is 0 Å². The monoisotopic (exact) mass is 324 g/mol. The van der Waals surface area contributed by atoms with E-state index in [0.717, 1.165) is 32.1 Å². The molecule has 1 aromatic carbocycles. The smallest absolute Gasteiger partial charge is 0.240 e. The minimum atomic E-state index is -0.637. The normalized spacial score (nSPS) is 16.9. The third-order valence-electron chi connectivity index (χ3n) is 4.78. The van der Waals surface area contributed by atoms with E-state index in [0.29, 0.717) is 6.54 Å². The highest BCUT2D eigenvalue weighted by molar-refractivity contribution is 5.86. The second-order valence-electron chi connectivity index (χ2n) is 6.98. The molecule has 0 aromatic heterocycles. The number of carbonyl (C=O) groups excluding carboxylic acids is 1. The Labute approximate surface area is 140 Å². The summed E-state index contributed by atoms with van der Waals surface area (Å²) in [7, 11) is 0. The molecule has 3 N–H and O–H groups in total. The van der Waals surface area contributed by atoms with Gasteiger partial charge in [0.2, 0.25) is 5.91 Å². The average molecular weight is 325 g/mol. The van der Waals surface area contributed by atoms with Gasteiger partial charge in [0.15, 0.2) is 0 Å². The van der Waals surface area contributed by atoms with Crippen LogP contribution in [0.4, 0.5) is 0 Å². The number of amides is 1. The van der Waals surface area contributed by atoms with Crippen molar-refractivity contribution in [3.63, 3.8) is 0 Å². The first kappa shape index (κ1) is 19.0. The lowest BCUT2D eigenvalue weighted by atomic mass is 9.83. The van der Waals surface area contributed by atoms with Gasteiger partial charge in [0.05, 0.1) is 5.54 Å². The summed E-state index contributed by atoms with van der Waals surface area (Å²) < 4.78 is 0. The minimum absolute atomic E-state index is 0. The summed E-state index contributed by atoms with van der Waals surface area (Å²) >= 11 is 0. The SMILES string of the molecule is CCc1ccc(C(C)(C)CNC(=O)C2(N)CCCC2)cc1.Cl.